The Morgan fingerprint density at radius 2 is 1.56 bits per heavy atom. The monoisotopic (exact) mass is 470 g/mol. The molecule has 32 heavy (non-hydrogen) atoms. The fourth-order valence-electron chi connectivity index (χ4n) is 3.02. The van der Waals surface area contributed by atoms with E-state index in [1.165, 1.54) is 11.8 Å². The quantitative estimate of drug-likeness (QED) is 0.500. The van der Waals surface area contributed by atoms with Crippen molar-refractivity contribution in [2.45, 2.75) is 16.7 Å². The van der Waals surface area contributed by atoms with E-state index in [0.717, 1.165) is 10.5 Å². The third-order valence-electron chi connectivity index (χ3n) is 4.63. The molecule has 0 aromatic heterocycles. The third kappa shape index (κ3) is 5.54. The Morgan fingerprint density at radius 1 is 0.906 bits per heavy atom. The first-order chi connectivity index (χ1) is 15.4. The first-order valence-corrected chi connectivity index (χ1v) is 12.4. The van der Waals surface area contributed by atoms with Gasteiger partial charge < -0.3 is 14.8 Å². The van der Waals surface area contributed by atoms with E-state index in [-0.39, 0.29) is 16.6 Å². The molecular weight excluding hydrogens is 448 g/mol. The number of sulfonamides is 1. The van der Waals surface area contributed by atoms with E-state index in [4.69, 9.17) is 9.47 Å². The van der Waals surface area contributed by atoms with Crippen LogP contribution in [0.25, 0.3) is 0 Å². The fourth-order valence-corrected chi connectivity index (χ4v) is 4.77. The van der Waals surface area contributed by atoms with Crippen LogP contribution in [0.3, 0.4) is 0 Å². The molecule has 2 N–H and O–H groups in total. The van der Waals surface area contributed by atoms with Crippen molar-refractivity contribution < 1.29 is 22.7 Å². The van der Waals surface area contributed by atoms with E-state index >= 15 is 0 Å². The molecule has 0 saturated heterocycles. The van der Waals surface area contributed by atoms with Gasteiger partial charge in [-0.1, -0.05) is 17.7 Å². The highest BCUT2D eigenvalue weighted by Gasteiger charge is 2.15. The molecule has 0 atom stereocenters. The molecule has 166 valence electrons. The van der Waals surface area contributed by atoms with Gasteiger partial charge in [0.1, 0.15) is 13.2 Å². The second-order valence-electron chi connectivity index (χ2n) is 7.14. The van der Waals surface area contributed by atoms with E-state index in [0.29, 0.717) is 36.1 Å². The molecule has 0 bridgehead atoms. The molecule has 1 heterocycles. The number of rotatable bonds is 7. The minimum absolute atomic E-state index is 0.157. The topological polar surface area (TPSA) is 93.7 Å². The van der Waals surface area contributed by atoms with Gasteiger partial charge in [0, 0.05) is 22.3 Å². The summed E-state index contributed by atoms with van der Waals surface area (Å²) in [6, 6.07) is 18.8. The average Bonchev–Trinajstić information content (AvgIpc) is 2.78. The Morgan fingerprint density at radius 3 is 2.28 bits per heavy atom. The molecule has 0 radical (unpaired) electrons. The number of aryl methyl sites for hydroxylation is 1. The molecule has 1 aliphatic rings. The van der Waals surface area contributed by atoms with Crippen molar-refractivity contribution in [3.05, 3.63) is 72.3 Å². The number of ether oxygens (including phenoxy) is 2. The number of benzene rings is 3. The third-order valence-corrected chi connectivity index (χ3v) is 7.04. The Balaban J connectivity index is 1.31. The van der Waals surface area contributed by atoms with Crippen LogP contribution in [0.1, 0.15) is 5.56 Å². The van der Waals surface area contributed by atoms with Gasteiger partial charge in [-0.05, 0) is 55.5 Å². The molecule has 3 aromatic rings. The van der Waals surface area contributed by atoms with Crippen molar-refractivity contribution in [1.29, 1.82) is 0 Å². The van der Waals surface area contributed by atoms with Crippen LogP contribution >= 0.6 is 11.8 Å². The highest BCUT2D eigenvalue weighted by atomic mass is 32.2. The fraction of sp³-hybridized carbons (Fsp3) is 0.174. The minimum Gasteiger partial charge on any atom is -0.486 e. The van der Waals surface area contributed by atoms with Gasteiger partial charge in [0.15, 0.2) is 11.5 Å². The standard InChI is InChI=1S/C23H22N2O5S2/c1-16-2-9-20(10-3-16)32(27,28)25-17-4-7-19(8-5-17)31-15-23(26)24-18-6-11-21-22(14-18)30-13-12-29-21/h2-11,14,25H,12-13,15H2,1H3,(H,24,26). The van der Waals surface area contributed by atoms with E-state index in [2.05, 4.69) is 10.0 Å². The van der Waals surface area contributed by atoms with Crippen molar-refractivity contribution in [2.75, 3.05) is 29.0 Å². The van der Waals surface area contributed by atoms with E-state index in [9.17, 15) is 13.2 Å². The summed E-state index contributed by atoms with van der Waals surface area (Å²) >= 11 is 1.36. The van der Waals surface area contributed by atoms with Crippen LogP contribution < -0.4 is 19.5 Å². The summed E-state index contributed by atoms with van der Waals surface area (Å²) in [6.45, 7) is 2.90. The Kier molecular flexibility index (Phi) is 6.57. The van der Waals surface area contributed by atoms with Crippen LogP contribution in [0.2, 0.25) is 0 Å². The predicted octanol–water partition coefficient (Wildman–Crippen LogP) is 4.30. The van der Waals surface area contributed by atoms with Gasteiger partial charge in [0.05, 0.1) is 10.6 Å². The van der Waals surface area contributed by atoms with E-state index in [1.807, 2.05) is 6.92 Å². The van der Waals surface area contributed by atoms with Crippen molar-refractivity contribution in [1.82, 2.24) is 0 Å². The first-order valence-electron chi connectivity index (χ1n) is 9.91. The highest BCUT2D eigenvalue weighted by Crippen LogP contribution is 2.32. The largest absolute Gasteiger partial charge is 0.486 e. The number of nitrogens with one attached hydrogen (secondary N) is 2. The van der Waals surface area contributed by atoms with Crippen LogP contribution in [0.5, 0.6) is 11.5 Å². The van der Waals surface area contributed by atoms with Crippen molar-refractivity contribution in [3.8, 4) is 11.5 Å². The zero-order valence-electron chi connectivity index (χ0n) is 17.3. The predicted molar refractivity (Wildman–Crippen MR) is 125 cm³/mol. The lowest BCUT2D eigenvalue weighted by molar-refractivity contribution is -0.113. The van der Waals surface area contributed by atoms with Gasteiger partial charge in [0.25, 0.3) is 10.0 Å². The molecule has 0 fully saturated rings. The average molecular weight is 471 g/mol. The second kappa shape index (κ2) is 9.54. The maximum Gasteiger partial charge on any atom is 0.261 e. The Bertz CT molecular complexity index is 1210. The van der Waals surface area contributed by atoms with Gasteiger partial charge in [-0.3, -0.25) is 9.52 Å². The van der Waals surface area contributed by atoms with Crippen molar-refractivity contribution in [3.63, 3.8) is 0 Å². The van der Waals surface area contributed by atoms with Crippen LogP contribution in [0, 0.1) is 6.92 Å². The number of carbonyl (C=O) groups excluding carboxylic acids is 1. The molecule has 1 aliphatic heterocycles. The van der Waals surface area contributed by atoms with Crippen LogP contribution in [0.4, 0.5) is 11.4 Å². The number of anilines is 2. The smallest absolute Gasteiger partial charge is 0.261 e. The lowest BCUT2D eigenvalue weighted by Gasteiger charge is -2.19. The highest BCUT2D eigenvalue weighted by molar-refractivity contribution is 8.00. The van der Waals surface area contributed by atoms with E-state index in [1.54, 1.807) is 66.7 Å². The molecule has 0 unspecified atom stereocenters. The summed E-state index contributed by atoms with van der Waals surface area (Å²) in [4.78, 5) is 13.3. The minimum atomic E-state index is -3.65. The molecule has 3 aromatic carbocycles. The van der Waals surface area contributed by atoms with E-state index < -0.39 is 10.0 Å². The van der Waals surface area contributed by atoms with Gasteiger partial charge in [-0.2, -0.15) is 0 Å². The number of hydrogen-bond acceptors (Lipinski definition) is 6. The number of fused-ring (bicyclic) bond motifs is 1. The van der Waals surface area contributed by atoms with Gasteiger partial charge >= 0.3 is 0 Å². The Labute approximate surface area is 191 Å². The molecule has 7 nitrogen and oxygen atoms in total. The number of carbonyl (C=O) groups is 1. The molecule has 4 rings (SSSR count). The molecule has 0 aliphatic carbocycles. The number of hydrogen-bond donors (Lipinski definition) is 2. The zero-order valence-corrected chi connectivity index (χ0v) is 19.0. The summed E-state index contributed by atoms with van der Waals surface area (Å²) in [5.74, 6) is 1.34. The molecule has 9 heteroatoms. The second-order valence-corrected chi connectivity index (χ2v) is 9.87. The maximum atomic E-state index is 12.5. The van der Waals surface area contributed by atoms with Crippen LogP contribution in [-0.4, -0.2) is 33.3 Å². The lowest BCUT2D eigenvalue weighted by Crippen LogP contribution is -2.17. The van der Waals surface area contributed by atoms with Gasteiger partial charge in [-0.15, -0.1) is 11.8 Å². The van der Waals surface area contributed by atoms with Crippen LogP contribution in [-0.2, 0) is 14.8 Å². The number of amides is 1. The van der Waals surface area contributed by atoms with Gasteiger partial charge in [-0.25, -0.2) is 8.42 Å². The summed E-state index contributed by atoms with van der Waals surface area (Å²) in [6.07, 6.45) is 0. The lowest BCUT2D eigenvalue weighted by atomic mass is 10.2. The summed E-state index contributed by atoms with van der Waals surface area (Å²) < 4.78 is 38.5. The summed E-state index contributed by atoms with van der Waals surface area (Å²) in [5, 5.41) is 2.84. The van der Waals surface area contributed by atoms with Gasteiger partial charge in [0.2, 0.25) is 5.91 Å². The molecule has 0 saturated carbocycles. The summed E-state index contributed by atoms with van der Waals surface area (Å²) in [5.41, 5.74) is 2.08. The van der Waals surface area contributed by atoms with Crippen LogP contribution in [0.15, 0.2) is 76.5 Å². The first kappa shape index (κ1) is 22.0. The van der Waals surface area contributed by atoms with Crippen molar-refractivity contribution in [2.24, 2.45) is 0 Å². The Hall–Kier alpha value is -3.17. The SMILES string of the molecule is Cc1ccc(S(=O)(=O)Nc2ccc(SCC(=O)Nc3ccc4c(c3)OCCO4)cc2)cc1. The van der Waals surface area contributed by atoms with Crippen molar-refractivity contribution >= 4 is 39.1 Å². The zero-order chi connectivity index (χ0) is 22.6. The number of thioether (sulfide) groups is 1. The summed E-state index contributed by atoms with van der Waals surface area (Å²) in [7, 11) is -3.65. The normalized spacial score (nSPS) is 12.8. The molecule has 0 spiro atoms. The molecular formula is C23H22N2O5S2. The maximum absolute atomic E-state index is 12.5. The molecule has 1 amide bonds.